The van der Waals surface area contributed by atoms with Crippen molar-refractivity contribution in [2.75, 3.05) is 42.5 Å². The van der Waals surface area contributed by atoms with Crippen molar-refractivity contribution in [3.63, 3.8) is 0 Å². The molecule has 1 atom stereocenters. The largest absolute Gasteiger partial charge is 0.371 e. The van der Waals surface area contributed by atoms with Gasteiger partial charge >= 0.3 is 6.03 Å². The molecule has 0 aliphatic carbocycles. The molecule has 0 bridgehead atoms. The van der Waals surface area contributed by atoms with Crippen molar-refractivity contribution in [3.8, 4) is 0 Å². The molecule has 4 heterocycles. The predicted molar refractivity (Wildman–Crippen MR) is 134 cm³/mol. The van der Waals surface area contributed by atoms with Crippen LogP contribution in [0.2, 0.25) is 0 Å². The van der Waals surface area contributed by atoms with E-state index in [1.165, 1.54) is 0 Å². The lowest BCUT2D eigenvalue weighted by Gasteiger charge is -2.41. The standard InChI is InChI=1S/C27H27N5O5/c33-23-9-8-22(24(34)28-23)32-25(35)20-7-6-19(14-21(20)26(32)36)30-15-17(16-30)10-11-29-12-13-31(27(29)37)18-4-2-1-3-5-18/h1-7,14,17,22H,8-13,15-16H2,(H,28,33,34). The van der Waals surface area contributed by atoms with Gasteiger partial charge in [0.1, 0.15) is 6.04 Å². The van der Waals surface area contributed by atoms with Crippen LogP contribution in [0.5, 0.6) is 0 Å². The first-order valence-electron chi connectivity index (χ1n) is 12.6. The van der Waals surface area contributed by atoms with Gasteiger partial charge in [-0.05, 0) is 49.1 Å². The minimum absolute atomic E-state index is 0.0461. The number of hydrogen-bond donors (Lipinski definition) is 1. The maximum Gasteiger partial charge on any atom is 0.324 e. The van der Waals surface area contributed by atoms with Crippen LogP contribution in [0.15, 0.2) is 48.5 Å². The average molecular weight is 502 g/mol. The van der Waals surface area contributed by atoms with E-state index in [0.717, 1.165) is 42.3 Å². The van der Waals surface area contributed by atoms with Crippen LogP contribution in [0.25, 0.3) is 0 Å². The zero-order valence-corrected chi connectivity index (χ0v) is 20.3. The number of benzene rings is 2. The number of anilines is 2. The number of nitrogens with zero attached hydrogens (tertiary/aromatic N) is 4. The van der Waals surface area contributed by atoms with Crippen molar-refractivity contribution in [1.29, 1.82) is 0 Å². The summed E-state index contributed by atoms with van der Waals surface area (Å²) >= 11 is 0. The summed E-state index contributed by atoms with van der Waals surface area (Å²) in [6.45, 7) is 3.73. The van der Waals surface area contributed by atoms with Crippen LogP contribution in [0.4, 0.5) is 16.2 Å². The Morgan fingerprint density at radius 3 is 2.35 bits per heavy atom. The average Bonchev–Trinajstić information content (AvgIpc) is 3.35. The second-order valence-corrected chi connectivity index (χ2v) is 9.99. The second-order valence-electron chi connectivity index (χ2n) is 9.99. The molecule has 0 spiro atoms. The molecular weight excluding hydrogens is 474 g/mol. The number of para-hydroxylation sites is 1. The van der Waals surface area contributed by atoms with E-state index in [2.05, 4.69) is 10.2 Å². The molecule has 6 rings (SSSR count). The van der Waals surface area contributed by atoms with E-state index in [0.29, 0.717) is 24.6 Å². The first kappa shape index (κ1) is 23.2. The lowest BCUT2D eigenvalue weighted by atomic mass is 9.94. The van der Waals surface area contributed by atoms with Crippen LogP contribution in [-0.2, 0) is 9.59 Å². The fourth-order valence-corrected chi connectivity index (χ4v) is 5.60. The molecule has 3 fully saturated rings. The van der Waals surface area contributed by atoms with Gasteiger partial charge in [0, 0.05) is 50.5 Å². The fraction of sp³-hybridized carbons (Fsp3) is 0.370. The van der Waals surface area contributed by atoms with Crippen molar-refractivity contribution >= 4 is 41.0 Å². The van der Waals surface area contributed by atoms with Gasteiger partial charge in [-0.3, -0.25) is 34.3 Å². The predicted octanol–water partition coefficient (Wildman–Crippen LogP) is 1.86. The minimum Gasteiger partial charge on any atom is -0.371 e. The first-order valence-corrected chi connectivity index (χ1v) is 12.6. The van der Waals surface area contributed by atoms with Crippen LogP contribution < -0.4 is 15.1 Å². The van der Waals surface area contributed by atoms with Gasteiger partial charge < -0.3 is 9.80 Å². The first-order chi connectivity index (χ1) is 17.9. The number of amides is 6. The van der Waals surface area contributed by atoms with E-state index in [-0.39, 0.29) is 24.4 Å². The number of nitrogens with one attached hydrogen (secondary N) is 1. The van der Waals surface area contributed by atoms with Gasteiger partial charge in [-0.2, -0.15) is 0 Å². The number of carbonyl (C=O) groups is 5. The third kappa shape index (κ3) is 4.02. The molecule has 6 amide bonds. The smallest absolute Gasteiger partial charge is 0.324 e. The van der Waals surface area contributed by atoms with E-state index in [1.807, 2.05) is 46.2 Å². The van der Waals surface area contributed by atoms with Crippen molar-refractivity contribution in [2.45, 2.75) is 25.3 Å². The molecule has 3 saturated heterocycles. The Bertz CT molecular complexity index is 1310. The number of hydrogen-bond acceptors (Lipinski definition) is 6. The molecule has 0 saturated carbocycles. The lowest BCUT2D eigenvalue weighted by Crippen LogP contribution is -2.54. The van der Waals surface area contributed by atoms with Gasteiger partial charge in [0.2, 0.25) is 11.8 Å². The number of imide groups is 2. The highest BCUT2D eigenvalue weighted by molar-refractivity contribution is 6.23. The molecule has 190 valence electrons. The third-order valence-electron chi connectivity index (χ3n) is 7.72. The van der Waals surface area contributed by atoms with Gasteiger partial charge in [-0.1, -0.05) is 18.2 Å². The summed E-state index contributed by atoms with van der Waals surface area (Å²) < 4.78 is 0. The Morgan fingerprint density at radius 2 is 1.59 bits per heavy atom. The molecular formula is C27H27N5O5. The molecule has 10 nitrogen and oxygen atoms in total. The molecule has 0 aromatic heterocycles. The second kappa shape index (κ2) is 9.02. The maximum absolute atomic E-state index is 13.1. The molecule has 2 aromatic carbocycles. The van der Waals surface area contributed by atoms with Gasteiger partial charge in [0.05, 0.1) is 11.1 Å². The lowest BCUT2D eigenvalue weighted by molar-refractivity contribution is -0.136. The molecule has 2 aromatic rings. The highest BCUT2D eigenvalue weighted by Gasteiger charge is 2.45. The van der Waals surface area contributed by atoms with Gasteiger partial charge in [-0.15, -0.1) is 0 Å². The summed E-state index contributed by atoms with van der Waals surface area (Å²) in [4.78, 5) is 69.3. The highest BCUT2D eigenvalue weighted by atomic mass is 16.2. The summed E-state index contributed by atoms with van der Waals surface area (Å²) in [6.07, 6.45) is 1.13. The number of carbonyl (C=O) groups excluding carboxylic acids is 5. The summed E-state index contributed by atoms with van der Waals surface area (Å²) in [5, 5.41) is 2.21. The van der Waals surface area contributed by atoms with E-state index >= 15 is 0 Å². The van der Waals surface area contributed by atoms with E-state index in [9.17, 15) is 24.0 Å². The van der Waals surface area contributed by atoms with Gasteiger partial charge in [0.15, 0.2) is 0 Å². The summed E-state index contributed by atoms with van der Waals surface area (Å²) in [5.41, 5.74) is 2.35. The molecule has 0 radical (unpaired) electrons. The number of fused-ring (bicyclic) bond motifs is 1. The third-order valence-corrected chi connectivity index (χ3v) is 7.72. The molecule has 37 heavy (non-hydrogen) atoms. The van der Waals surface area contributed by atoms with Crippen molar-refractivity contribution in [3.05, 3.63) is 59.7 Å². The summed E-state index contributed by atoms with van der Waals surface area (Å²) in [5.74, 6) is -1.56. The van der Waals surface area contributed by atoms with Crippen molar-refractivity contribution in [1.82, 2.24) is 15.1 Å². The van der Waals surface area contributed by atoms with Crippen LogP contribution in [0, 0.1) is 5.92 Å². The van der Waals surface area contributed by atoms with Crippen LogP contribution in [0.3, 0.4) is 0 Å². The minimum atomic E-state index is -0.965. The van der Waals surface area contributed by atoms with Crippen molar-refractivity contribution in [2.24, 2.45) is 5.92 Å². The van der Waals surface area contributed by atoms with Crippen LogP contribution in [0.1, 0.15) is 40.0 Å². The molecule has 10 heteroatoms. The van der Waals surface area contributed by atoms with Crippen LogP contribution in [-0.4, -0.2) is 78.2 Å². The van der Waals surface area contributed by atoms with E-state index in [4.69, 9.17) is 0 Å². The molecule has 4 aliphatic rings. The van der Waals surface area contributed by atoms with Gasteiger partial charge in [0.25, 0.3) is 11.8 Å². The van der Waals surface area contributed by atoms with E-state index < -0.39 is 29.7 Å². The normalized spacial score (nSPS) is 22.1. The van der Waals surface area contributed by atoms with Crippen LogP contribution >= 0.6 is 0 Å². The zero-order valence-electron chi connectivity index (χ0n) is 20.3. The Hall–Kier alpha value is -4.21. The Balaban J connectivity index is 1.04. The number of urea groups is 1. The Labute approximate surface area is 213 Å². The SMILES string of the molecule is O=C1CCC(N2C(=O)c3ccc(N4CC(CCN5CCN(c6ccccc6)C5=O)C4)cc3C2=O)C(=O)N1. The summed E-state index contributed by atoms with van der Waals surface area (Å²) in [7, 11) is 0. The Morgan fingerprint density at radius 1 is 0.838 bits per heavy atom. The van der Waals surface area contributed by atoms with Crippen molar-refractivity contribution < 1.29 is 24.0 Å². The maximum atomic E-state index is 13.1. The quantitative estimate of drug-likeness (QED) is 0.605. The monoisotopic (exact) mass is 501 g/mol. The topological polar surface area (TPSA) is 110 Å². The number of rotatable bonds is 6. The molecule has 1 unspecified atom stereocenters. The molecule has 1 N–H and O–H groups in total. The Kier molecular flexibility index (Phi) is 5.66. The number of piperidine rings is 1. The van der Waals surface area contributed by atoms with E-state index in [1.54, 1.807) is 12.1 Å². The highest BCUT2D eigenvalue weighted by Crippen LogP contribution is 2.33. The molecule has 4 aliphatic heterocycles. The fourth-order valence-electron chi connectivity index (χ4n) is 5.60. The zero-order chi connectivity index (χ0) is 25.7. The van der Waals surface area contributed by atoms with Gasteiger partial charge in [-0.25, -0.2) is 4.79 Å². The summed E-state index contributed by atoms with van der Waals surface area (Å²) in [6, 6.07) is 14.0.